The van der Waals surface area contributed by atoms with Crippen LogP contribution >= 0.6 is 11.6 Å². The van der Waals surface area contributed by atoms with Crippen molar-refractivity contribution in [3.63, 3.8) is 0 Å². The van der Waals surface area contributed by atoms with Gasteiger partial charge in [0.25, 0.3) is 0 Å². The van der Waals surface area contributed by atoms with Gasteiger partial charge in [0, 0.05) is 10.9 Å². The summed E-state index contributed by atoms with van der Waals surface area (Å²) < 4.78 is 5.66. The zero-order valence-electron chi connectivity index (χ0n) is 11.1. The molecule has 3 nitrogen and oxygen atoms in total. The van der Waals surface area contributed by atoms with Crippen molar-refractivity contribution >= 4 is 28.8 Å². The Balaban J connectivity index is 1.76. The number of halogens is 1. The molecule has 104 valence electrons. The van der Waals surface area contributed by atoms with E-state index in [0.29, 0.717) is 22.9 Å². The van der Waals surface area contributed by atoms with Crippen LogP contribution in [0, 0.1) is 0 Å². The highest BCUT2D eigenvalue weighted by Gasteiger charge is 2.03. The number of carbonyl (C=O) groups excluding carboxylic acids is 1. The summed E-state index contributed by atoms with van der Waals surface area (Å²) in [5.74, 6) is 0.612. The van der Waals surface area contributed by atoms with Gasteiger partial charge in [0.05, 0.1) is 16.2 Å². The normalized spacial score (nSPS) is 10.5. The van der Waals surface area contributed by atoms with Crippen molar-refractivity contribution in [2.45, 2.75) is 6.61 Å². The third-order valence-corrected chi connectivity index (χ3v) is 3.47. The fourth-order valence-corrected chi connectivity index (χ4v) is 2.25. The van der Waals surface area contributed by atoms with Gasteiger partial charge in [-0.1, -0.05) is 35.9 Å². The Bertz CT molecular complexity index is 802. The predicted octanol–water partition coefficient (Wildman–Crippen LogP) is 4.28. The first-order valence-corrected chi connectivity index (χ1v) is 6.86. The van der Waals surface area contributed by atoms with E-state index < -0.39 is 0 Å². The highest BCUT2D eigenvalue weighted by atomic mass is 35.5. The number of para-hydroxylation sites is 1. The van der Waals surface area contributed by atoms with E-state index in [2.05, 4.69) is 4.98 Å². The number of fused-ring (bicyclic) bond motifs is 1. The minimum atomic E-state index is 0.349. The minimum absolute atomic E-state index is 0.349. The van der Waals surface area contributed by atoms with Crippen molar-refractivity contribution in [3.8, 4) is 5.75 Å². The van der Waals surface area contributed by atoms with Crippen molar-refractivity contribution in [3.05, 3.63) is 70.9 Å². The second-order valence-electron chi connectivity index (χ2n) is 4.59. The van der Waals surface area contributed by atoms with Gasteiger partial charge in [-0.3, -0.25) is 4.79 Å². The van der Waals surface area contributed by atoms with E-state index in [0.717, 1.165) is 22.9 Å². The number of carbonyl (C=O) groups is 1. The molecule has 0 aliphatic rings. The largest absolute Gasteiger partial charge is 0.487 e. The zero-order valence-corrected chi connectivity index (χ0v) is 11.9. The van der Waals surface area contributed by atoms with Gasteiger partial charge in [-0.15, -0.1) is 0 Å². The highest BCUT2D eigenvalue weighted by Crippen LogP contribution is 2.22. The van der Waals surface area contributed by atoms with Gasteiger partial charge in [-0.2, -0.15) is 0 Å². The molecule has 0 bridgehead atoms. The molecule has 1 heterocycles. The topological polar surface area (TPSA) is 39.2 Å². The van der Waals surface area contributed by atoms with Crippen LogP contribution in [0.5, 0.6) is 5.75 Å². The Morgan fingerprint density at radius 3 is 2.76 bits per heavy atom. The molecule has 3 aromatic rings. The Morgan fingerprint density at radius 2 is 1.95 bits per heavy atom. The molecule has 0 unspecified atom stereocenters. The van der Waals surface area contributed by atoms with E-state index >= 15 is 0 Å². The SMILES string of the molecule is O=Cc1ccc(OCc2ccc3ccccc3n2)cc1Cl. The van der Waals surface area contributed by atoms with Gasteiger partial charge in [-0.25, -0.2) is 4.98 Å². The molecule has 0 saturated heterocycles. The molecule has 0 amide bonds. The van der Waals surface area contributed by atoms with E-state index in [4.69, 9.17) is 16.3 Å². The lowest BCUT2D eigenvalue weighted by Crippen LogP contribution is -1.98. The Morgan fingerprint density at radius 1 is 1.10 bits per heavy atom. The van der Waals surface area contributed by atoms with Crippen molar-refractivity contribution in [2.75, 3.05) is 0 Å². The predicted molar refractivity (Wildman–Crippen MR) is 82.9 cm³/mol. The molecule has 0 saturated carbocycles. The number of aromatic nitrogens is 1. The highest BCUT2D eigenvalue weighted by molar-refractivity contribution is 6.33. The molecular formula is C17H12ClNO2. The number of pyridine rings is 1. The lowest BCUT2D eigenvalue weighted by molar-refractivity contribution is 0.112. The molecule has 0 N–H and O–H groups in total. The number of aldehydes is 1. The summed E-state index contributed by atoms with van der Waals surface area (Å²) in [5, 5.41) is 1.48. The number of benzene rings is 2. The quantitative estimate of drug-likeness (QED) is 0.675. The van der Waals surface area contributed by atoms with E-state index in [1.165, 1.54) is 0 Å². The number of ether oxygens (including phenoxy) is 1. The first-order valence-electron chi connectivity index (χ1n) is 6.48. The van der Waals surface area contributed by atoms with E-state index in [-0.39, 0.29) is 0 Å². The monoisotopic (exact) mass is 297 g/mol. The maximum Gasteiger partial charge on any atom is 0.151 e. The van der Waals surface area contributed by atoms with Crippen molar-refractivity contribution in [1.29, 1.82) is 0 Å². The molecule has 2 aromatic carbocycles. The molecule has 4 heteroatoms. The third kappa shape index (κ3) is 3.03. The summed E-state index contributed by atoms with van der Waals surface area (Å²) in [6.45, 7) is 0.349. The Hall–Kier alpha value is -2.39. The molecule has 0 aliphatic heterocycles. The van der Waals surface area contributed by atoms with E-state index in [1.807, 2.05) is 36.4 Å². The van der Waals surface area contributed by atoms with Crippen LogP contribution in [-0.4, -0.2) is 11.3 Å². The lowest BCUT2D eigenvalue weighted by Gasteiger charge is -2.07. The van der Waals surface area contributed by atoms with Gasteiger partial charge < -0.3 is 4.74 Å². The lowest BCUT2D eigenvalue weighted by atomic mass is 10.2. The second-order valence-corrected chi connectivity index (χ2v) is 4.99. The first-order chi connectivity index (χ1) is 10.3. The number of rotatable bonds is 4. The molecule has 0 spiro atoms. The number of hydrogen-bond acceptors (Lipinski definition) is 3. The van der Waals surface area contributed by atoms with Crippen molar-refractivity contribution < 1.29 is 9.53 Å². The van der Waals surface area contributed by atoms with Crippen LogP contribution in [0.4, 0.5) is 0 Å². The molecule has 1 aromatic heterocycles. The summed E-state index contributed by atoms with van der Waals surface area (Å²) >= 11 is 5.96. The maximum absolute atomic E-state index is 10.7. The summed E-state index contributed by atoms with van der Waals surface area (Å²) in [5.41, 5.74) is 2.23. The zero-order chi connectivity index (χ0) is 14.7. The van der Waals surface area contributed by atoms with Gasteiger partial charge >= 0.3 is 0 Å². The van der Waals surface area contributed by atoms with Gasteiger partial charge in [0.1, 0.15) is 12.4 Å². The molecular weight excluding hydrogens is 286 g/mol. The molecule has 0 atom stereocenters. The van der Waals surface area contributed by atoms with Crippen LogP contribution < -0.4 is 4.74 Å². The Labute approximate surface area is 127 Å². The Kier molecular flexibility index (Phi) is 3.84. The molecule has 0 fully saturated rings. The second kappa shape index (κ2) is 5.94. The molecule has 3 rings (SSSR count). The standard InChI is InChI=1S/C17H12ClNO2/c18-16-9-15(8-6-13(16)10-20)21-11-14-7-5-12-3-1-2-4-17(12)19-14/h1-10H,11H2. The average Bonchev–Trinajstić information content (AvgIpc) is 2.53. The smallest absolute Gasteiger partial charge is 0.151 e. The fraction of sp³-hybridized carbons (Fsp3) is 0.0588. The van der Waals surface area contributed by atoms with E-state index in [1.54, 1.807) is 18.2 Å². The van der Waals surface area contributed by atoms with Gasteiger partial charge in [0.15, 0.2) is 6.29 Å². The maximum atomic E-state index is 10.7. The van der Waals surface area contributed by atoms with Gasteiger partial charge in [-0.05, 0) is 30.3 Å². The fourth-order valence-electron chi connectivity index (χ4n) is 2.04. The van der Waals surface area contributed by atoms with Crippen molar-refractivity contribution in [1.82, 2.24) is 4.98 Å². The number of hydrogen-bond donors (Lipinski definition) is 0. The molecule has 0 radical (unpaired) electrons. The number of nitrogens with zero attached hydrogens (tertiary/aromatic N) is 1. The first kappa shape index (κ1) is 13.6. The van der Waals surface area contributed by atoms with Crippen molar-refractivity contribution in [2.24, 2.45) is 0 Å². The van der Waals surface area contributed by atoms with E-state index in [9.17, 15) is 4.79 Å². The molecule has 0 aliphatic carbocycles. The summed E-state index contributed by atoms with van der Waals surface area (Å²) in [6, 6.07) is 16.9. The van der Waals surface area contributed by atoms with Crippen LogP contribution in [0.15, 0.2) is 54.6 Å². The van der Waals surface area contributed by atoms with Gasteiger partial charge in [0.2, 0.25) is 0 Å². The van der Waals surface area contributed by atoms with Crippen LogP contribution in [-0.2, 0) is 6.61 Å². The average molecular weight is 298 g/mol. The summed E-state index contributed by atoms with van der Waals surface area (Å²) in [4.78, 5) is 15.2. The summed E-state index contributed by atoms with van der Waals surface area (Å²) in [7, 11) is 0. The van der Waals surface area contributed by atoms with Crippen LogP contribution in [0.25, 0.3) is 10.9 Å². The van der Waals surface area contributed by atoms with Crippen LogP contribution in [0.3, 0.4) is 0 Å². The molecule has 21 heavy (non-hydrogen) atoms. The van der Waals surface area contributed by atoms with Crippen LogP contribution in [0.2, 0.25) is 5.02 Å². The van der Waals surface area contributed by atoms with Crippen LogP contribution in [0.1, 0.15) is 16.1 Å². The summed E-state index contributed by atoms with van der Waals surface area (Å²) in [6.07, 6.45) is 0.719. The third-order valence-electron chi connectivity index (χ3n) is 3.14. The minimum Gasteiger partial charge on any atom is -0.487 e.